The van der Waals surface area contributed by atoms with Gasteiger partial charge in [0, 0.05) is 10.5 Å². The van der Waals surface area contributed by atoms with Gasteiger partial charge in [-0.1, -0.05) is 35.8 Å². The Labute approximate surface area is 101 Å². The van der Waals surface area contributed by atoms with Crippen molar-refractivity contribution in [1.29, 1.82) is 0 Å². The number of hydrogen-bond donors (Lipinski definition) is 1. The van der Waals surface area contributed by atoms with Crippen LogP contribution in [0.2, 0.25) is 0 Å². The minimum atomic E-state index is 0.461. The standard InChI is InChI=1S/C13H20BrN/c1-9(2)7-13(15-4)12-8-11(14)6-5-10(12)3/h5-6,8-9,13,15H,7H2,1-4H3. The number of benzene rings is 1. The topological polar surface area (TPSA) is 12.0 Å². The van der Waals surface area contributed by atoms with Crippen LogP contribution in [-0.4, -0.2) is 7.05 Å². The normalized spacial score (nSPS) is 13.2. The van der Waals surface area contributed by atoms with E-state index >= 15 is 0 Å². The predicted molar refractivity (Wildman–Crippen MR) is 70.1 cm³/mol. The minimum Gasteiger partial charge on any atom is -0.313 e. The summed E-state index contributed by atoms with van der Waals surface area (Å²) >= 11 is 3.53. The molecule has 1 aromatic rings. The summed E-state index contributed by atoms with van der Waals surface area (Å²) in [6.07, 6.45) is 1.17. The molecule has 1 atom stereocenters. The summed E-state index contributed by atoms with van der Waals surface area (Å²) in [7, 11) is 2.04. The summed E-state index contributed by atoms with van der Waals surface area (Å²) in [6, 6.07) is 6.95. The second-order valence-electron chi connectivity index (χ2n) is 4.47. The maximum absolute atomic E-state index is 3.53. The van der Waals surface area contributed by atoms with Crippen LogP contribution in [0.15, 0.2) is 22.7 Å². The van der Waals surface area contributed by atoms with Crippen molar-refractivity contribution in [2.75, 3.05) is 7.05 Å². The van der Waals surface area contributed by atoms with Crippen molar-refractivity contribution in [2.24, 2.45) is 5.92 Å². The lowest BCUT2D eigenvalue weighted by Crippen LogP contribution is -2.19. The van der Waals surface area contributed by atoms with Gasteiger partial charge in [0.1, 0.15) is 0 Å². The van der Waals surface area contributed by atoms with Crippen molar-refractivity contribution in [2.45, 2.75) is 33.2 Å². The van der Waals surface area contributed by atoms with Crippen molar-refractivity contribution in [1.82, 2.24) is 5.32 Å². The van der Waals surface area contributed by atoms with Crippen LogP contribution < -0.4 is 5.32 Å². The van der Waals surface area contributed by atoms with Gasteiger partial charge in [-0.05, 0) is 49.6 Å². The highest BCUT2D eigenvalue weighted by molar-refractivity contribution is 9.10. The Morgan fingerprint density at radius 2 is 2.00 bits per heavy atom. The van der Waals surface area contributed by atoms with Gasteiger partial charge in [-0.15, -0.1) is 0 Å². The van der Waals surface area contributed by atoms with Crippen molar-refractivity contribution in [3.05, 3.63) is 33.8 Å². The lowest BCUT2D eigenvalue weighted by molar-refractivity contribution is 0.455. The van der Waals surface area contributed by atoms with Crippen LogP contribution >= 0.6 is 15.9 Å². The van der Waals surface area contributed by atoms with E-state index in [1.165, 1.54) is 17.5 Å². The first-order valence-corrected chi connectivity index (χ1v) is 6.27. The summed E-state index contributed by atoms with van der Waals surface area (Å²) in [6.45, 7) is 6.70. The Kier molecular flexibility index (Phi) is 4.81. The number of aryl methyl sites for hydroxylation is 1. The van der Waals surface area contributed by atoms with E-state index in [2.05, 4.69) is 60.2 Å². The molecule has 1 nitrogen and oxygen atoms in total. The van der Waals surface area contributed by atoms with Gasteiger partial charge in [0.2, 0.25) is 0 Å². The maximum Gasteiger partial charge on any atom is 0.0322 e. The molecular weight excluding hydrogens is 250 g/mol. The first kappa shape index (κ1) is 12.7. The van der Waals surface area contributed by atoms with Gasteiger partial charge in [0.05, 0.1) is 0 Å². The largest absolute Gasteiger partial charge is 0.313 e. The van der Waals surface area contributed by atoms with Crippen LogP contribution in [0.25, 0.3) is 0 Å². The van der Waals surface area contributed by atoms with E-state index in [0.29, 0.717) is 12.0 Å². The summed E-state index contributed by atoms with van der Waals surface area (Å²) in [4.78, 5) is 0. The molecule has 1 unspecified atom stereocenters. The van der Waals surface area contributed by atoms with E-state index in [0.717, 1.165) is 4.47 Å². The lowest BCUT2D eigenvalue weighted by Gasteiger charge is -2.21. The Balaban J connectivity index is 2.95. The van der Waals surface area contributed by atoms with Gasteiger partial charge >= 0.3 is 0 Å². The Morgan fingerprint density at radius 3 is 2.53 bits per heavy atom. The number of rotatable bonds is 4. The van der Waals surface area contributed by atoms with Gasteiger partial charge in [0.25, 0.3) is 0 Å². The molecule has 0 aliphatic heterocycles. The van der Waals surface area contributed by atoms with Crippen molar-refractivity contribution in [3.8, 4) is 0 Å². The molecule has 0 fully saturated rings. The number of nitrogens with one attached hydrogen (secondary N) is 1. The van der Waals surface area contributed by atoms with E-state index in [9.17, 15) is 0 Å². The smallest absolute Gasteiger partial charge is 0.0322 e. The third-order valence-electron chi connectivity index (χ3n) is 2.67. The van der Waals surface area contributed by atoms with Crippen LogP contribution in [0.3, 0.4) is 0 Å². The van der Waals surface area contributed by atoms with Crippen molar-refractivity contribution < 1.29 is 0 Å². The molecule has 0 spiro atoms. The average molecular weight is 270 g/mol. The summed E-state index contributed by atoms with van der Waals surface area (Å²) in [5, 5.41) is 3.40. The maximum atomic E-state index is 3.53. The Bertz CT molecular complexity index is 320. The molecule has 0 aromatic heterocycles. The van der Waals surface area contributed by atoms with E-state index in [1.807, 2.05) is 7.05 Å². The van der Waals surface area contributed by atoms with Crippen LogP contribution in [0.5, 0.6) is 0 Å². The molecule has 0 heterocycles. The van der Waals surface area contributed by atoms with Crippen LogP contribution in [0, 0.1) is 12.8 Å². The van der Waals surface area contributed by atoms with E-state index in [-0.39, 0.29) is 0 Å². The first-order chi connectivity index (χ1) is 7.04. The minimum absolute atomic E-state index is 0.461. The molecular formula is C13H20BrN. The molecule has 1 aromatic carbocycles. The molecule has 0 aliphatic rings. The number of halogens is 1. The fourth-order valence-corrected chi connectivity index (χ4v) is 2.24. The molecule has 0 amide bonds. The highest BCUT2D eigenvalue weighted by Gasteiger charge is 2.13. The van der Waals surface area contributed by atoms with E-state index in [1.54, 1.807) is 0 Å². The molecule has 0 saturated carbocycles. The van der Waals surface area contributed by atoms with Gasteiger partial charge in [-0.2, -0.15) is 0 Å². The Hall–Kier alpha value is -0.340. The highest BCUT2D eigenvalue weighted by atomic mass is 79.9. The van der Waals surface area contributed by atoms with Crippen LogP contribution in [-0.2, 0) is 0 Å². The zero-order valence-electron chi connectivity index (χ0n) is 9.97. The molecule has 15 heavy (non-hydrogen) atoms. The molecule has 1 rings (SSSR count). The molecule has 0 radical (unpaired) electrons. The molecule has 0 bridgehead atoms. The van der Waals surface area contributed by atoms with Gasteiger partial charge in [-0.3, -0.25) is 0 Å². The quantitative estimate of drug-likeness (QED) is 0.869. The zero-order chi connectivity index (χ0) is 11.4. The summed E-state index contributed by atoms with van der Waals surface area (Å²) in [5.74, 6) is 0.709. The van der Waals surface area contributed by atoms with Crippen LogP contribution in [0.1, 0.15) is 37.4 Å². The Morgan fingerprint density at radius 1 is 1.33 bits per heavy atom. The molecule has 0 saturated heterocycles. The summed E-state index contributed by atoms with van der Waals surface area (Å²) < 4.78 is 1.16. The number of hydrogen-bond acceptors (Lipinski definition) is 1. The SMILES string of the molecule is CNC(CC(C)C)c1cc(Br)ccc1C. The highest BCUT2D eigenvalue weighted by Crippen LogP contribution is 2.26. The fraction of sp³-hybridized carbons (Fsp3) is 0.538. The molecule has 2 heteroatoms. The van der Waals surface area contributed by atoms with E-state index in [4.69, 9.17) is 0 Å². The second kappa shape index (κ2) is 5.66. The molecule has 0 aliphatic carbocycles. The second-order valence-corrected chi connectivity index (χ2v) is 5.39. The van der Waals surface area contributed by atoms with Crippen LogP contribution in [0.4, 0.5) is 0 Å². The van der Waals surface area contributed by atoms with Gasteiger partial charge in [0.15, 0.2) is 0 Å². The fourth-order valence-electron chi connectivity index (χ4n) is 1.86. The molecule has 1 N–H and O–H groups in total. The monoisotopic (exact) mass is 269 g/mol. The van der Waals surface area contributed by atoms with E-state index < -0.39 is 0 Å². The van der Waals surface area contributed by atoms with Crippen molar-refractivity contribution >= 4 is 15.9 Å². The average Bonchev–Trinajstić information content (AvgIpc) is 2.18. The zero-order valence-corrected chi connectivity index (χ0v) is 11.6. The molecule has 84 valence electrons. The van der Waals surface area contributed by atoms with Gasteiger partial charge in [-0.25, -0.2) is 0 Å². The van der Waals surface area contributed by atoms with Crippen molar-refractivity contribution in [3.63, 3.8) is 0 Å². The summed E-state index contributed by atoms with van der Waals surface area (Å²) in [5.41, 5.74) is 2.76. The van der Waals surface area contributed by atoms with Gasteiger partial charge < -0.3 is 5.32 Å². The third kappa shape index (κ3) is 3.62. The lowest BCUT2D eigenvalue weighted by atomic mass is 9.94. The predicted octanol–water partition coefficient (Wildman–Crippen LogP) is 4.06. The first-order valence-electron chi connectivity index (χ1n) is 5.48. The third-order valence-corrected chi connectivity index (χ3v) is 3.17.